The van der Waals surface area contributed by atoms with Crippen LogP contribution in [0.25, 0.3) is 11.4 Å². The quantitative estimate of drug-likeness (QED) is 0.563. The maximum absolute atomic E-state index is 12.9. The van der Waals surface area contributed by atoms with Gasteiger partial charge in [-0.1, -0.05) is 47.1 Å². The Morgan fingerprint density at radius 2 is 1.93 bits per heavy atom. The molecule has 3 rings (SSSR count). The summed E-state index contributed by atoms with van der Waals surface area (Å²) in [4.78, 5) is 15.7. The summed E-state index contributed by atoms with van der Waals surface area (Å²) in [5.74, 6) is -0.197. The summed E-state index contributed by atoms with van der Waals surface area (Å²) >= 11 is 6.05. The molecule has 8 nitrogen and oxygen atoms in total. The second-order valence-electron chi connectivity index (χ2n) is 5.78. The maximum Gasteiger partial charge on any atom is 0.337 e. The van der Waals surface area contributed by atoms with E-state index in [-0.39, 0.29) is 27.9 Å². The topological polar surface area (TPSA) is 103 Å². The number of benzene rings is 2. The summed E-state index contributed by atoms with van der Waals surface area (Å²) in [7, 11) is -1.47. The highest BCUT2D eigenvalue weighted by atomic mass is 35.5. The molecule has 0 spiro atoms. The fourth-order valence-corrected chi connectivity index (χ4v) is 4.03. The number of halogens is 1. The number of aromatic nitrogens is 2. The molecule has 0 unspecified atom stereocenters. The van der Waals surface area contributed by atoms with Crippen LogP contribution < -0.4 is 0 Å². The van der Waals surface area contributed by atoms with E-state index in [1.807, 2.05) is 30.3 Å². The third-order valence-electron chi connectivity index (χ3n) is 3.90. The van der Waals surface area contributed by atoms with Gasteiger partial charge in [0.25, 0.3) is 0 Å². The normalized spacial score (nSPS) is 11.6. The lowest BCUT2D eigenvalue weighted by Crippen LogP contribution is -2.27. The van der Waals surface area contributed by atoms with E-state index in [9.17, 15) is 13.2 Å². The van der Waals surface area contributed by atoms with Gasteiger partial charge in [-0.3, -0.25) is 0 Å². The van der Waals surface area contributed by atoms with Crippen LogP contribution in [0.5, 0.6) is 0 Å². The van der Waals surface area contributed by atoms with Crippen molar-refractivity contribution >= 4 is 27.6 Å². The molecule has 0 saturated carbocycles. The second kappa shape index (κ2) is 8.09. The van der Waals surface area contributed by atoms with Crippen LogP contribution in [-0.2, 0) is 21.3 Å². The Morgan fingerprint density at radius 1 is 1.21 bits per heavy atom. The van der Waals surface area contributed by atoms with E-state index < -0.39 is 16.0 Å². The van der Waals surface area contributed by atoms with Crippen LogP contribution in [0.1, 0.15) is 16.2 Å². The monoisotopic (exact) mass is 421 g/mol. The third kappa shape index (κ3) is 4.06. The molecule has 0 aliphatic carbocycles. The summed E-state index contributed by atoms with van der Waals surface area (Å²) in [5.41, 5.74) is 0.819. The average molecular weight is 422 g/mol. The van der Waals surface area contributed by atoms with Crippen molar-refractivity contribution in [2.24, 2.45) is 0 Å². The highest BCUT2D eigenvalue weighted by Gasteiger charge is 2.27. The number of nitrogens with zero attached hydrogens (tertiary/aromatic N) is 3. The average Bonchev–Trinajstić information content (AvgIpc) is 3.16. The Morgan fingerprint density at radius 3 is 2.61 bits per heavy atom. The number of carbonyl (C=O) groups is 1. The van der Waals surface area contributed by atoms with Gasteiger partial charge in [-0.25, -0.2) is 13.2 Å². The number of hydrogen-bond acceptors (Lipinski definition) is 7. The Labute approximate surface area is 166 Å². The largest absolute Gasteiger partial charge is 0.465 e. The summed E-state index contributed by atoms with van der Waals surface area (Å²) < 4.78 is 36.6. The molecule has 0 saturated heterocycles. The lowest BCUT2D eigenvalue weighted by molar-refractivity contribution is 0.0600. The molecule has 0 bridgehead atoms. The van der Waals surface area contributed by atoms with Crippen LogP contribution in [0.2, 0.25) is 5.02 Å². The zero-order chi connectivity index (χ0) is 20.3. The van der Waals surface area contributed by atoms with Crippen molar-refractivity contribution in [2.75, 3.05) is 14.2 Å². The first kappa shape index (κ1) is 20.0. The number of methoxy groups -OCH3 is 1. The van der Waals surface area contributed by atoms with Crippen LogP contribution in [0.3, 0.4) is 0 Å². The molecular weight excluding hydrogens is 406 g/mol. The Bertz CT molecular complexity index is 1100. The highest BCUT2D eigenvalue weighted by molar-refractivity contribution is 7.89. The van der Waals surface area contributed by atoms with Crippen LogP contribution in [0, 0.1) is 0 Å². The lowest BCUT2D eigenvalue weighted by atomic mass is 10.2. The lowest BCUT2D eigenvalue weighted by Gasteiger charge is -2.16. The van der Waals surface area contributed by atoms with E-state index >= 15 is 0 Å². The van der Waals surface area contributed by atoms with Crippen LogP contribution in [-0.4, -0.2) is 43.0 Å². The van der Waals surface area contributed by atoms with Crippen LogP contribution >= 0.6 is 11.6 Å². The Kier molecular flexibility index (Phi) is 5.78. The van der Waals surface area contributed by atoms with Gasteiger partial charge in [0.2, 0.25) is 21.7 Å². The predicted molar refractivity (Wildman–Crippen MR) is 101 cm³/mol. The van der Waals surface area contributed by atoms with Gasteiger partial charge in [0, 0.05) is 12.6 Å². The SMILES string of the molecule is COC(=O)c1ccc(Cl)c(S(=O)(=O)N(C)Cc2nc(-c3ccccc3)no2)c1. The van der Waals surface area contributed by atoms with E-state index in [0.717, 1.165) is 9.87 Å². The molecule has 0 N–H and O–H groups in total. The zero-order valence-electron chi connectivity index (χ0n) is 15.0. The first-order valence-electron chi connectivity index (χ1n) is 8.05. The number of hydrogen-bond donors (Lipinski definition) is 0. The van der Waals surface area contributed by atoms with Crippen molar-refractivity contribution in [1.82, 2.24) is 14.4 Å². The van der Waals surface area contributed by atoms with Crippen molar-refractivity contribution in [1.29, 1.82) is 0 Å². The fourth-order valence-electron chi connectivity index (χ4n) is 2.41. The molecule has 1 heterocycles. The predicted octanol–water partition coefficient (Wildman–Crippen LogP) is 3.00. The first-order valence-corrected chi connectivity index (χ1v) is 9.87. The van der Waals surface area contributed by atoms with Gasteiger partial charge in [0.05, 0.1) is 24.2 Å². The van der Waals surface area contributed by atoms with Gasteiger partial charge < -0.3 is 9.26 Å². The van der Waals surface area contributed by atoms with Gasteiger partial charge in [-0.15, -0.1) is 0 Å². The minimum absolute atomic E-state index is 0.0185. The van der Waals surface area contributed by atoms with Crippen LogP contribution in [0.4, 0.5) is 0 Å². The van der Waals surface area contributed by atoms with Gasteiger partial charge >= 0.3 is 5.97 Å². The molecule has 28 heavy (non-hydrogen) atoms. The van der Waals surface area contributed by atoms with Gasteiger partial charge in [0.1, 0.15) is 4.90 Å². The molecule has 3 aromatic rings. The van der Waals surface area contributed by atoms with Crippen LogP contribution in [0.15, 0.2) is 57.9 Å². The van der Waals surface area contributed by atoms with E-state index in [1.165, 1.54) is 32.4 Å². The van der Waals surface area contributed by atoms with Crippen molar-refractivity contribution in [3.05, 3.63) is 65.0 Å². The Balaban J connectivity index is 1.85. The standard InChI is InChI=1S/C18H16ClN3O5S/c1-22(11-16-20-17(21-27-16)12-6-4-3-5-7-12)28(24,25)15-10-13(18(23)26-2)8-9-14(15)19/h3-10H,11H2,1-2H3. The minimum Gasteiger partial charge on any atom is -0.465 e. The fraction of sp³-hybridized carbons (Fsp3) is 0.167. The maximum atomic E-state index is 12.9. The minimum atomic E-state index is -4.02. The molecule has 2 aromatic carbocycles. The molecule has 0 aliphatic rings. The van der Waals surface area contributed by atoms with E-state index in [4.69, 9.17) is 16.1 Å². The molecule has 10 heteroatoms. The van der Waals surface area contributed by atoms with Gasteiger partial charge in [-0.05, 0) is 18.2 Å². The van der Waals surface area contributed by atoms with Crippen molar-refractivity contribution < 1.29 is 22.5 Å². The van der Waals surface area contributed by atoms with Crippen molar-refractivity contribution in [3.8, 4) is 11.4 Å². The number of sulfonamides is 1. The number of carbonyl (C=O) groups excluding carboxylic acids is 1. The molecule has 0 aliphatic heterocycles. The molecule has 146 valence electrons. The highest BCUT2D eigenvalue weighted by Crippen LogP contribution is 2.26. The van der Waals surface area contributed by atoms with Crippen molar-refractivity contribution in [2.45, 2.75) is 11.4 Å². The third-order valence-corrected chi connectivity index (χ3v) is 6.18. The summed E-state index contributed by atoms with van der Waals surface area (Å²) in [6, 6.07) is 13.0. The van der Waals surface area contributed by atoms with Gasteiger partial charge in [0.15, 0.2) is 0 Å². The number of ether oxygens (including phenoxy) is 1. The van der Waals surface area contributed by atoms with Gasteiger partial charge in [-0.2, -0.15) is 9.29 Å². The number of esters is 1. The molecule has 1 aromatic heterocycles. The van der Waals surface area contributed by atoms with E-state index in [2.05, 4.69) is 14.9 Å². The van der Waals surface area contributed by atoms with E-state index in [1.54, 1.807) is 0 Å². The number of rotatable bonds is 6. The zero-order valence-corrected chi connectivity index (χ0v) is 16.6. The summed E-state index contributed by atoms with van der Waals surface area (Å²) in [5, 5.41) is 3.85. The summed E-state index contributed by atoms with van der Waals surface area (Å²) in [6.07, 6.45) is 0. The first-order chi connectivity index (χ1) is 13.3. The summed E-state index contributed by atoms with van der Waals surface area (Å²) in [6.45, 7) is -0.166. The smallest absolute Gasteiger partial charge is 0.337 e. The molecule has 0 amide bonds. The second-order valence-corrected chi connectivity index (χ2v) is 8.20. The molecule has 0 atom stereocenters. The molecule has 0 fully saturated rings. The Hall–Kier alpha value is -2.75. The molecule has 0 radical (unpaired) electrons. The van der Waals surface area contributed by atoms with E-state index in [0.29, 0.717) is 5.82 Å². The van der Waals surface area contributed by atoms with Crippen molar-refractivity contribution in [3.63, 3.8) is 0 Å². The molecular formula is C18H16ClN3O5S.